The minimum absolute atomic E-state index is 0.0185. The van der Waals surface area contributed by atoms with Crippen molar-refractivity contribution in [2.45, 2.75) is 19.4 Å². The zero-order chi connectivity index (χ0) is 9.84. The lowest BCUT2D eigenvalue weighted by Gasteiger charge is -2.22. The summed E-state index contributed by atoms with van der Waals surface area (Å²) in [7, 11) is 1.82. The van der Waals surface area contributed by atoms with Gasteiger partial charge in [-0.1, -0.05) is 13.0 Å². The third-order valence-corrected chi connectivity index (χ3v) is 2.58. The summed E-state index contributed by atoms with van der Waals surface area (Å²) in [5.74, 6) is 0.643. The summed E-state index contributed by atoms with van der Waals surface area (Å²) < 4.78 is 0. The van der Waals surface area contributed by atoms with Crippen molar-refractivity contribution in [3.8, 4) is 0 Å². The van der Waals surface area contributed by atoms with E-state index in [1.807, 2.05) is 7.05 Å². The number of nitrogens with zero attached hydrogens (tertiary/aromatic N) is 1. The summed E-state index contributed by atoms with van der Waals surface area (Å²) in [5.41, 5.74) is 0. The van der Waals surface area contributed by atoms with Crippen LogP contribution in [0.4, 0.5) is 0 Å². The maximum Gasteiger partial charge on any atom is 0.240 e. The first-order valence-corrected chi connectivity index (χ1v) is 4.76. The standard InChI is InChI=1S/C10H18N2O/c1-4-7-12(3)10(13)9-8(2)5-6-11-9/h4,8-9,11H,1,5-7H2,2-3H3. The molecule has 1 aliphatic rings. The summed E-state index contributed by atoms with van der Waals surface area (Å²) in [6, 6.07) is 0.0185. The van der Waals surface area contributed by atoms with Crippen LogP contribution in [0.3, 0.4) is 0 Å². The smallest absolute Gasteiger partial charge is 0.240 e. The molecular weight excluding hydrogens is 164 g/mol. The second-order valence-corrected chi connectivity index (χ2v) is 3.71. The van der Waals surface area contributed by atoms with E-state index in [4.69, 9.17) is 0 Å². The van der Waals surface area contributed by atoms with Crippen LogP contribution in [0.2, 0.25) is 0 Å². The highest BCUT2D eigenvalue weighted by Gasteiger charge is 2.30. The van der Waals surface area contributed by atoms with Gasteiger partial charge in [-0.3, -0.25) is 4.79 Å². The van der Waals surface area contributed by atoms with E-state index in [1.54, 1.807) is 11.0 Å². The number of nitrogens with one attached hydrogen (secondary N) is 1. The zero-order valence-corrected chi connectivity index (χ0v) is 8.42. The van der Waals surface area contributed by atoms with Crippen LogP contribution in [0.25, 0.3) is 0 Å². The SMILES string of the molecule is C=CCN(C)C(=O)C1NCCC1C. The fraction of sp³-hybridized carbons (Fsp3) is 0.700. The summed E-state index contributed by atoms with van der Waals surface area (Å²) in [6.45, 7) is 7.32. The van der Waals surface area contributed by atoms with Gasteiger partial charge in [0.1, 0.15) is 0 Å². The Bertz CT molecular complexity index is 203. The van der Waals surface area contributed by atoms with E-state index in [0.29, 0.717) is 12.5 Å². The molecule has 1 rings (SSSR count). The highest BCUT2D eigenvalue weighted by Crippen LogP contribution is 2.15. The molecule has 1 N–H and O–H groups in total. The highest BCUT2D eigenvalue weighted by molar-refractivity contribution is 5.82. The molecule has 13 heavy (non-hydrogen) atoms. The molecule has 0 aromatic rings. The van der Waals surface area contributed by atoms with Gasteiger partial charge in [0, 0.05) is 13.6 Å². The first-order chi connectivity index (χ1) is 6.16. The van der Waals surface area contributed by atoms with Gasteiger partial charge in [0.15, 0.2) is 0 Å². The molecule has 0 saturated carbocycles. The summed E-state index contributed by atoms with van der Waals surface area (Å²) >= 11 is 0. The van der Waals surface area contributed by atoms with Crippen molar-refractivity contribution in [2.24, 2.45) is 5.92 Å². The molecule has 0 aromatic carbocycles. The monoisotopic (exact) mass is 182 g/mol. The Labute approximate surface area is 79.8 Å². The van der Waals surface area contributed by atoms with Gasteiger partial charge in [0.05, 0.1) is 6.04 Å². The molecule has 2 unspecified atom stereocenters. The molecule has 3 nitrogen and oxygen atoms in total. The average Bonchev–Trinajstić information content (AvgIpc) is 2.50. The van der Waals surface area contributed by atoms with E-state index in [-0.39, 0.29) is 11.9 Å². The largest absolute Gasteiger partial charge is 0.341 e. The first kappa shape index (κ1) is 10.3. The van der Waals surface area contributed by atoms with Crippen LogP contribution in [0, 0.1) is 5.92 Å². The van der Waals surface area contributed by atoms with Crippen molar-refractivity contribution in [1.29, 1.82) is 0 Å². The normalized spacial score (nSPS) is 27.2. The van der Waals surface area contributed by atoms with Gasteiger partial charge in [-0.25, -0.2) is 0 Å². The van der Waals surface area contributed by atoms with Crippen LogP contribution in [-0.2, 0) is 4.79 Å². The Balaban J connectivity index is 2.50. The van der Waals surface area contributed by atoms with Gasteiger partial charge < -0.3 is 10.2 Å². The van der Waals surface area contributed by atoms with E-state index >= 15 is 0 Å². The number of carbonyl (C=O) groups is 1. The fourth-order valence-corrected chi connectivity index (χ4v) is 1.69. The van der Waals surface area contributed by atoms with Gasteiger partial charge in [0.2, 0.25) is 5.91 Å². The number of carbonyl (C=O) groups excluding carboxylic acids is 1. The molecule has 3 heteroatoms. The van der Waals surface area contributed by atoms with Crippen LogP contribution in [0.1, 0.15) is 13.3 Å². The Kier molecular flexibility index (Phi) is 3.48. The quantitative estimate of drug-likeness (QED) is 0.649. The summed E-state index contributed by atoms with van der Waals surface area (Å²) in [4.78, 5) is 13.5. The van der Waals surface area contributed by atoms with Crippen LogP contribution < -0.4 is 5.32 Å². The lowest BCUT2D eigenvalue weighted by Crippen LogP contribution is -2.44. The fourth-order valence-electron chi connectivity index (χ4n) is 1.69. The van der Waals surface area contributed by atoms with E-state index in [1.165, 1.54) is 0 Å². The van der Waals surface area contributed by atoms with Crippen molar-refractivity contribution < 1.29 is 4.79 Å². The van der Waals surface area contributed by atoms with Crippen LogP contribution in [-0.4, -0.2) is 37.0 Å². The van der Waals surface area contributed by atoms with Gasteiger partial charge in [-0.2, -0.15) is 0 Å². The highest BCUT2D eigenvalue weighted by atomic mass is 16.2. The predicted molar refractivity (Wildman–Crippen MR) is 53.4 cm³/mol. The van der Waals surface area contributed by atoms with Crippen LogP contribution in [0.15, 0.2) is 12.7 Å². The van der Waals surface area contributed by atoms with Crippen molar-refractivity contribution in [2.75, 3.05) is 20.1 Å². The van der Waals surface area contributed by atoms with Gasteiger partial charge in [-0.05, 0) is 18.9 Å². The van der Waals surface area contributed by atoms with Crippen molar-refractivity contribution in [3.05, 3.63) is 12.7 Å². The number of amides is 1. The van der Waals surface area contributed by atoms with E-state index in [2.05, 4.69) is 18.8 Å². The predicted octanol–water partition coefficient (Wildman–Crippen LogP) is 0.629. The van der Waals surface area contributed by atoms with E-state index in [9.17, 15) is 4.79 Å². The van der Waals surface area contributed by atoms with E-state index in [0.717, 1.165) is 13.0 Å². The molecule has 0 radical (unpaired) electrons. The molecule has 0 spiro atoms. The number of rotatable bonds is 3. The minimum atomic E-state index is 0.0185. The molecule has 1 saturated heterocycles. The van der Waals surface area contributed by atoms with Gasteiger partial charge >= 0.3 is 0 Å². The average molecular weight is 182 g/mol. The summed E-state index contributed by atoms with van der Waals surface area (Å²) in [5, 5.41) is 3.22. The second kappa shape index (κ2) is 4.42. The molecule has 1 amide bonds. The zero-order valence-electron chi connectivity index (χ0n) is 8.42. The van der Waals surface area contributed by atoms with E-state index < -0.39 is 0 Å². The number of hydrogen-bond acceptors (Lipinski definition) is 2. The van der Waals surface area contributed by atoms with Crippen molar-refractivity contribution in [3.63, 3.8) is 0 Å². The molecule has 0 aliphatic carbocycles. The molecule has 1 fully saturated rings. The molecule has 0 aromatic heterocycles. The molecule has 74 valence electrons. The third-order valence-electron chi connectivity index (χ3n) is 2.58. The molecule has 0 bridgehead atoms. The minimum Gasteiger partial charge on any atom is -0.341 e. The Morgan fingerprint density at radius 1 is 1.77 bits per heavy atom. The Morgan fingerprint density at radius 2 is 2.46 bits per heavy atom. The number of likely N-dealkylation sites (N-methyl/N-ethyl adjacent to an activating group) is 1. The third kappa shape index (κ3) is 2.31. The van der Waals surface area contributed by atoms with Gasteiger partial charge in [-0.15, -0.1) is 6.58 Å². The lowest BCUT2D eigenvalue weighted by atomic mass is 10.0. The molecule has 1 heterocycles. The molecule has 1 aliphatic heterocycles. The number of hydrogen-bond donors (Lipinski definition) is 1. The molecular formula is C10H18N2O. The maximum absolute atomic E-state index is 11.8. The van der Waals surface area contributed by atoms with Crippen LogP contribution >= 0.6 is 0 Å². The molecule has 2 atom stereocenters. The topological polar surface area (TPSA) is 32.3 Å². The van der Waals surface area contributed by atoms with Crippen molar-refractivity contribution >= 4 is 5.91 Å². The summed E-state index contributed by atoms with van der Waals surface area (Å²) in [6.07, 6.45) is 2.84. The van der Waals surface area contributed by atoms with Gasteiger partial charge in [0.25, 0.3) is 0 Å². The first-order valence-electron chi connectivity index (χ1n) is 4.76. The maximum atomic E-state index is 11.8. The second-order valence-electron chi connectivity index (χ2n) is 3.71. The van der Waals surface area contributed by atoms with Crippen molar-refractivity contribution in [1.82, 2.24) is 10.2 Å². The Hall–Kier alpha value is -0.830. The van der Waals surface area contributed by atoms with Crippen LogP contribution in [0.5, 0.6) is 0 Å². The lowest BCUT2D eigenvalue weighted by molar-refractivity contribution is -0.132. The Morgan fingerprint density at radius 3 is 2.92 bits per heavy atom.